The normalized spacial score (nSPS) is 12.0. The number of nitrogens with zero attached hydrogens (tertiary/aromatic N) is 2. The first-order valence-electron chi connectivity index (χ1n) is 12.2. The molecule has 10 heteroatoms. The van der Waals surface area contributed by atoms with E-state index in [4.69, 9.17) is 11.6 Å². The predicted octanol–water partition coefficient (Wildman–Crippen LogP) is 4.93. The Morgan fingerprint density at radius 1 is 1.00 bits per heavy atom. The third-order valence-corrected chi connectivity index (χ3v) is 8.17. The number of amides is 2. The Bertz CT molecular complexity index is 1370. The number of hydrogen-bond acceptors (Lipinski definition) is 4. The molecular weight excluding hydrogens is 529 g/mol. The Morgan fingerprint density at radius 2 is 1.63 bits per heavy atom. The fraction of sp³-hybridized carbons (Fsp3) is 0.286. The molecule has 7 nitrogen and oxygen atoms in total. The highest BCUT2D eigenvalue weighted by Gasteiger charge is 2.32. The number of carbonyl (C=O) groups is 2. The van der Waals surface area contributed by atoms with Crippen LogP contribution in [-0.2, 0) is 26.2 Å². The molecule has 0 bridgehead atoms. The van der Waals surface area contributed by atoms with Gasteiger partial charge in [0.15, 0.2) is 0 Å². The highest BCUT2D eigenvalue weighted by Crippen LogP contribution is 2.26. The van der Waals surface area contributed by atoms with Crippen molar-refractivity contribution in [1.29, 1.82) is 0 Å². The first-order valence-corrected chi connectivity index (χ1v) is 14.0. The lowest BCUT2D eigenvalue weighted by Crippen LogP contribution is -2.51. The number of halogens is 2. The molecule has 0 aliphatic carbocycles. The molecule has 3 aromatic rings. The van der Waals surface area contributed by atoms with Crippen molar-refractivity contribution in [2.45, 2.75) is 44.7 Å². The van der Waals surface area contributed by atoms with E-state index in [9.17, 15) is 22.4 Å². The molecule has 0 fully saturated rings. The minimum absolute atomic E-state index is 0.0128. The number of benzene rings is 3. The van der Waals surface area contributed by atoms with E-state index in [1.165, 1.54) is 29.2 Å². The van der Waals surface area contributed by atoms with Crippen LogP contribution in [0.4, 0.5) is 10.1 Å². The van der Waals surface area contributed by atoms with Crippen molar-refractivity contribution in [3.63, 3.8) is 0 Å². The summed E-state index contributed by atoms with van der Waals surface area (Å²) >= 11 is 6.34. The van der Waals surface area contributed by atoms with Gasteiger partial charge < -0.3 is 10.2 Å². The lowest BCUT2D eigenvalue weighted by Gasteiger charge is -2.32. The summed E-state index contributed by atoms with van der Waals surface area (Å²) in [5.74, 6) is -1.54. The van der Waals surface area contributed by atoms with E-state index in [2.05, 4.69) is 5.32 Å². The predicted molar refractivity (Wildman–Crippen MR) is 147 cm³/mol. The Morgan fingerprint density at radius 3 is 2.24 bits per heavy atom. The van der Waals surface area contributed by atoms with Crippen LogP contribution in [0.25, 0.3) is 0 Å². The lowest BCUT2D eigenvalue weighted by molar-refractivity contribution is -0.139. The number of rotatable bonds is 11. The fourth-order valence-corrected chi connectivity index (χ4v) is 5.37. The Kier molecular flexibility index (Phi) is 9.88. The van der Waals surface area contributed by atoms with Crippen molar-refractivity contribution >= 4 is 39.1 Å². The molecule has 3 aromatic carbocycles. The van der Waals surface area contributed by atoms with Crippen LogP contribution in [0.15, 0.2) is 77.7 Å². The van der Waals surface area contributed by atoms with Crippen LogP contribution in [0.2, 0.25) is 5.02 Å². The van der Waals surface area contributed by atoms with Gasteiger partial charge in [0.2, 0.25) is 11.8 Å². The van der Waals surface area contributed by atoms with Gasteiger partial charge in [-0.15, -0.1) is 0 Å². The molecule has 2 amide bonds. The first kappa shape index (κ1) is 29.1. The molecule has 0 radical (unpaired) electrons. The van der Waals surface area contributed by atoms with E-state index in [1.54, 1.807) is 43.3 Å². The molecule has 0 saturated carbocycles. The van der Waals surface area contributed by atoms with Crippen molar-refractivity contribution in [2.75, 3.05) is 17.4 Å². The molecular formula is C28H31ClFN3O4S. The molecule has 1 N–H and O–H groups in total. The van der Waals surface area contributed by atoms with Crippen LogP contribution in [0.3, 0.4) is 0 Å². The topological polar surface area (TPSA) is 86.8 Å². The van der Waals surface area contributed by atoms with Gasteiger partial charge in [-0.2, -0.15) is 0 Å². The summed E-state index contributed by atoms with van der Waals surface area (Å²) in [6.07, 6.45) is 0.712. The second kappa shape index (κ2) is 12.9. The zero-order chi connectivity index (χ0) is 27.9. The summed E-state index contributed by atoms with van der Waals surface area (Å²) in [6.45, 7) is 5.12. The molecule has 1 atom stereocenters. The average Bonchev–Trinajstić information content (AvgIpc) is 2.90. The number of carbonyl (C=O) groups excluding carboxylic acids is 2. The maximum atomic E-state index is 13.8. The van der Waals surface area contributed by atoms with Gasteiger partial charge in [0.25, 0.3) is 10.0 Å². The summed E-state index contributed by atoms with van der Waals surface area (Å²) in [5, 5.41) is 3.19. The molecule has 0 saturated heterocycles. The summed E-state index contributed by atoms with van der Waals surface area (Å²) in [6, 6.07) is 17.1. The van der Waals surface area contributed by atoms with Gasteiger partial charge >= 0.3 is 0 Å². The van der Waals surface area contributed by atoms with Gasteiger partial charge in [0, 0.05) is 18.1 Å². The van der Waals surface area contributed by atoms with Gasteiger partial charge in [-0.1, -0.05) is 54.4 Å². The maximum absolute atomic E-state index is 13.8. The number of aryl methyl sites for hydroxylation is 1. The van der Waals surface area contributed by atoms with Crippen LogP contribution in [0.5, 0.6) is 0 Å². The minimum Gasteiger partial charge on any atom is -0.354 e. The average molecular weight is 560 g/mol. The van der Waals surface area contributed by atoms with Gasteiger partial charge in [-0.25, -0.2) is 12.8 Å². The third kappa shape index (κ3) is 7.11. The molecule has 0 aromatic heterocycles. The monoisotopic (exact) mass is 559 g/mol. The quantitative estimate of drug-likeness (QED) is 0.361. The van der Waals surface area contributed by atoms with Crippen molar-refractivity contribution in [1.82, 2.24) is 10.2 Å². The number of hydrogen-bond donors (Lipinski definition) is 1. The van der Waals surface area contributed by atoms with Crippen LogP contribution in [0.1, 0.15) is 31.4 Å². The number of anilines is 1. The van der Waals surface area contributed by atoms with E-state index in [0.717, 1.165) is 22.0 Å². The maximum Gasteiger partial charge on any atom is 0.264 e. The van der Waals surface area contributed by atoms with E-state index >= 15 is 0 Å². The van der Waals surface area contributed by atoms with Crippen LogP contribution in [0, 0.1) is 12.7 Å². The van der Waals surface area contributed by atoms with E-state index < -0.39 is 34.3 Å². The number of nitrogens with one attached hydrogen (secondary N) is 1. The SMILES string of the molecule is CCCNC(=O)[C@@H](C)N(Cc1ccccc1Cl)C(=O)CN(c1ccc(F)cc1)S(=O)(=O)c1ccc(C)cc1. The van der Waals surface area contributed by atoms with Crippen LogP contribution >= 0.6 is 11.6 Å². The summed E-state index contributed by atoms with van der Waals surface area (Å²) in [7, 11) is -4.22. The zero-order valence-electron chi connectivity index (χ0n) is 21.5. The summed E-state index contributed by atoms with van der Waals surface area (Å²) < 4.78 is 42.0. The Balaban J connectivity index is 2.02. The van der Waals surface area contributed by atoms with Crippen LogP contribution in [-0.4, -0.2) is 44.3 Å². The molecule has 0 unspecified atom stereocenters. The van der Waals surface area contributed by atoms with Gasteiger partial charge in [0.1, 0.15) is 18.4 Å². The molecule has 0 aliphatic heterocycles. The zero-order valence-corrected chi connectivity index (χ0v) is 23.1. The van der Waals surface area contributed by atoms with Crippen LogP contribution < -0.4 is 9.62 Å². The molecule has 0 aliphatic rings. The second-order valence-electron chi connectivity index (χ2n) is 8.88. The molecule has 3 rings (SSSR count). The van der Waals surface area contributed by atoms with Crippen molar-refractivity contribution in [3.05, 3.63) is 94.8 Å². The fourth-order valence-electron chi connectivity index (χ4n) is 3.76. The highest BCUT2D eigenvalue weighted by molar-refractivity contribution is 7.92. The molecule has 0 heterocycles. The van der Waals surface area contributed by atoms with Gasteiger partial charge in [-0.3, -0.25) is 13.9 Å². The summed E-state index contributed by atoms with van der Waals surface area (Å²) in [5.41, 5.74) is 1.58. The van der Waals surface area contributed by atoms with E-state index in [0.29, 0.717) is 23.6 Å². The standard InChI is InChI=1S/C28H31ClFN3O4S/c1-4-17-31-28(35)21(3)32(18-22-7-5-6-8-26(22)29)27(34)19-33(24-13-11-23(30)12-14-24)38(36,37)25-15-9-20(2)10-16-25/h5-16,21H,4,17-19H2,1-3H3,(H,31,35)/t21-/m1/s1. The first-order chi connectivity index (χ1) is 18.0. The number of sulfonamides is 1. The molecule has 38 heavy (non-hydrogen) atoms. The highest BCUT2D eigenvalue weighted by atomic mass is 35.5. The Labute approximate surface area is 228 Å². The second-order valence-corrected chi connectivity index (χ2v) is 11.2. The van der Waals surface area contributed by atoms with Gasteiger partial charge in [-0.05, 0) is 68.3 Å². The largest absolute Gasteiger partial charge is 0.354 e. The minimum atomic E-state index is -4.22. The lowest BCUT2D eigenvalue weighted by atomic mass is 10.1. The van der Waals surface area contributed by atoms with Gasteiger partial charge in [0.05, 0.1) is 10.6 Å². The third-order valence-electron chi connectivity index (χ3n) is 6.02. The van der Waals surface area contributed by atoms with E-state index in [-0.39, 0.29) is 23.0 Å². The Hall–Kier alpha value is -3.43. The molecule has 0 spiro atoms. The van der Waals surface area contributed by atoms with Crippen molar-refractivity contribution in [3.8, 4) is 0 Å². The van der Waals surface area contributed by atoms with E-state index in [1.807, 2.05) is 13.8 Å². The van der Waals surface area contributed by atoms with Crippen molar-refractivity contribution in [2.24, 2.45) is 0 Å². The summed E-state index contributed by atoms with van der Waals surface area (Å²) in [4.78, 5) is 27.9. The van der Waals surface area contributed by atoms with Crippen molar-refractivity contribution < 1.29 is 22.4 Å². The molecule has 202 valence electrons. The smallest absolute Gasteiger partial charge is 0.264 e.